The van der Waals surface area contributed by atoms with Gasteiger partial charge in [-0.25, -0.2) is 5.26 Å². The molecule has 1 N–H and O–H groups in total. The highest BCUT2D eigenvalue weighted by atomic mass is 32.1. The van der Waals surface area contributed by atoms with Crippen LogP contribution in [0.15, 0.2) is 54.0 Å². The third kappa shape index (κ3) is 3.40. The quantitative estimate of drug-likeness (QED) is 0.461. The number of aromatic amines is 1. The molecule has 130 valence electrons. The third-order valence-electron chi connectivity index (χ3n) is 4.48. The van der Waals surface area contributed by atoms with Crippen molar-refractivity contribution < 1.29 is 0 Å². The summed E-state index contributed by atoms with van der Waals surface area (Å²) in [4.78, 5) is 1.36. The van der Waals surface area contributed by atoms with E-state index in [9.17, 15) is 0 Å². The number of H-pyrrole nitrogens is 1. The second-order valence-electron chi connectivity index (χ2n) is 6.23. The van der Waals surface area contributed by atoms with Crippen LogP contribution in [0.5, 0.6) is 0 Å². The number of benzene rings is 2. The molecule has 4 aromatic rings. The van der Waals surface area contributed by atoms with Gasteiger partial charge in [0.2, 0.25) is 0 Å². The molecule has 0 unspecified atom stereocenters. The SMILES string of the molecule is C#N.CCCc1ccc(-c2sccc2C)c(-c2ccc3[nH]ncc3c2)c1. The molecule has 2 heterocycles. The first kappa shape index (κ1) is 17.9. The van der Waals surface area contributed by atoms with E-state index < -0.39 is 0 Å². The number of nitriles is 1. The number of rotatable bonds is 4. The van der Waals surface area contributed by atoms with Crippen molar-refractivity contribution in [2.45, 2.75) is 26.7 Å². The Labute approximate surface area is 157 Å². The Morgan fingerprint density at radius 1 is 1.08 bits per heavy atom. The highest BCUT2D eigenvalue weighted by molar-refractivity contribution is 7.13. The molecule has 0 aliphatic carbocycles. The molecule has 2 aromatic heterocycles. The maximum atomic E-state index is 6.50. The molecule has 2 aromatic carbocycles. The zero-order valence-electron chi connectivity index (χ0n) is 15.0. The lowest BCUT2D eigenvalue weighted by atomic mass is 9.93. The van der Waals surface area contributed by atoms with E-state index in [1.54, 1.807) is 0 Å². The molecule has 0 saturated carbocycles. The van der Waals surface area contributed by atoms with Crippen LogP contribution >= 0.6 is 11.3 Å². The van der Waals surface area contributed by atoms with Gasteiger partial charge in [0.25, 0.3) is 0 Å². The van der Waals surface area contributed by atoms with E-state index >= 15 is 0 Å². The summed E-state index contributed by atoms with van der Waals surface area (Å²) in [6.45, 7) is 7.92. The van der Waals surface area contributed by atoms with Crippen LogP contribution < -0.4 is 0 Å². The van der Waals surface area contributed by atoms with Gasteiger partial charge in [-0.1, -0.05) is 37.6 Å². The minimum Gasteiger partial charge on any atom is -0.278 e. The zero-order valence-corrected chi connectivity index (χ0v) is 15.8. The Balaban J connectivity index is 0.000000948. The van der Waals surface area contributed by atoms with E-state index in [-0.39, 0.29) is 0 Å². The van der Waals surface area contributed by atoms with Crippen LogP contribution in [0.3, 0.4) is 0 Å². The number of thiophene rings is 1. The van der Waals surface area contributed by atoms with Crippen molar-refractivity contribution in [2.75, 3.05) is 0 Å². The number of hydrogen-bond donors (Lipinski definition) is 1. The summed E-state index contributed by atoms with van der Waals surface area (Å²) in [5, 5.41) is 17.0. The van der Waals surface area contributed by atoms with Gasteiger partial charge in [0.05, 0.1) is 11.7 Å². The normalized spacial score (nSPS) is 10.5. The molecular formula is C22H21N3S. The van der Waals surface area contributed by atoms with Crippen molar-refractivity contribution >= 4 is 22.2 Å². The number of aryl methyl sites for hydroxylation is 2. The molecule has 0 bridgehead atoms. The van der Waals surface area contributed by atoms with Crippen molar-refractivity contribution in [1.29, 1.82) is 5.26 Å². The number of aromatic nitrogens is 2. The fourth-order valence-electron chi connectivity index (χ4n) is 3.23. The van der Waals surface area contributed by atoms with Gasteiger partial charge in [0.15, 0.2) is 0 Å². The molecule has 0 radical (unpaired) electrons. The summed E-state index contributed by atoms with van der Waals surface area (Å²) >= 11 is 1.82. The van der Waals surface area contributed by atoms with Crippen LogP contribution in [0.4, 0.5) is 0 Å². The second-order valence-corrected chi connectivity index (χ2v) is 7.15. The van der Waals surface area contributed by atoms with Gasteiger partial charge in [-0.3, -0.25) is 5.10 Å². The maximum absolute atomic E-state index is 6.50. The van der Waals surface area contributed by atoms with Gasteiger partial charge in [-0.05, 0) is 64.7 Å². The van der Waals surface area contributed by atoms with E-state index in [2.05, 4.69) is 78.5 Å². The highest BCUT2D eigenvalue weighted by Gasteiger charge is 2.12. The average Bonchev–Trinajstić information content (AvgIpc) is 3.31. The standard InChI is InChI=1S/C21H20N2S.CHN/c1-3-4-15-5-7-18(21-14(2)9-10-24-21)19(11-15)16-6-8-20-17(12-16)13-22-23-20;1-2/h5-13H,3-4H2,1-2H3,(H,22,23);1H. The van der Waals surface area contributed by atoms with E-state index in [4.69, 9.17) is 5.26 Å². The van der Waals surface area contributed by atoms with E-state index in [0.29, 0.717) is 0 Å². The Morgan fingerprint density at radius 3 is 2.65 bits per heavy atom. The third-order valence-corrected chi connectivity index (χ3v) is 5.53. The number of fused-ring (bicyclic) bond motifs is 1. The van der Waals surface area contributed by atoms with E-state index in [1.165, 1.54) is 32.7 Å². The minimum atomic E-state index is 1.08. The van der Waals surface area contributed by atoms with Crippen molar-refractivity contribution in [1.82, 2.24) is 10.2 Å². The predicted molar refractivity (Wildman–Crippen MR) is 110 cm³/mol. The minimum absolute atomic E-state index is 1.08. The summed E-state index contributed by atoms with van der Waals surface area (Å²) in [6.07, 6.45) is 4.17. The molecule has 4 heteroatoms. The molecule has 0 aliphatic heterocycles. The van der Waals surface area contributed by atoms with Crippen LogP contribution in [0, 0.1) is 18.8 Å². The topological polar surface area (TPSA) is 52.5 Å². The number of hydrogen-bond acceptors (Lipinski definition) is 3. The largest absolute Gasteiger partial charge is 0.278 e. The van der Waals surface area contributed by atoms with Gasteiger partial charge in [0.1, 0.15) is 0 Å². The van der Waals surface area contributed by atoms with Crippen LogP contribution in [0.25, 0.3) is 32.5 Å². The average molecular weight is 359 g/mol. The van der Waals surface area contributed by atoms with Crippen molar-refractivity contribution in [3.63, 3.8) is 0 Å². The molecule has 0 spiro atoms. The fourth-order valence-corrected chi connectivity index (χ4v) is 4.20. The first-order chi connectivity index (χ1) is 12.8. The van der Waals surface area contributed by atoms with Crippen molar-refractivity contribution in [3.8, 4) is 28.1 Å². The van der Waals surface area contributed by atoms with Crippen LogP contribution in [-0.2, 0) is 6.42 Å². The van der Waals surface area contributed by atoms with Gasteiger partial charge in [0, 0.05) is 16.8 Å². The lowest BCUT2D eigenvalue weighted by Gasteiger charge is -2.12. The highest BCUT2D eigenvalue weighted by Crippen LogP contribution is 2.38. The maximum Gasteiger partial charge on any atom is 0.0650 e. The van der Waals surface area contributed by atoms with Crippen LogP contribution in [0.1, 0.15) is 24.5 Å². The second kappa shape index (κ2) is 7.99. The predicted octanol–water partition coefficient (Wildman–Crippen LogP) is 6.36. The molecule has 0 fully saturated rings. The lowest BCUT2D eigenvalue weighted by molar-refractivity contribution is 0.922. The lowest BCUT2D eigenvalue weighted by Crippen LogP contribution is -1.90. The van der Waals surface area contributed by atoms with Gasteiger partial charge >= 0.3 is 0 Å². The summed E-state index contributed by atoms with van der Waals surface area (Å²) < 4.78 is 0. The first-order valence-electron chi connectivity index (χ1n) is 8.63. The molecule has 0 aliphatic rings. The van der Waals surface area contributed by atoms with Gasteiger partial charge in [-0.15, -0.1) is 11.3 Å². The first-order valence-corrected chi connectivity index (χ1v) is 9.51. The van der Waals surface area contributed by atoms with E-state index in [1.807, 2.05) is 17.5 Å². The Morgan fingerprint density at radius 2 is 1.92 bits per heavy atom. The summed E-state index contributed by atoms with van der Waals surface area (Å²) in [5.74, 6) is 0. The summed E-state index contributed by atoms with van der Waals surface area (Å²) in [6, 6.07) is 15.7. The fraction of sp³-hybridized carbons (Fsp3) is 0.182. The smallest absolute Gasteiger partial charge is 0.0650 e. The van der Waals surface area contributed by atoms with Crippen LogP contribution in [-0.4, -0.2) is 10.2 Å². The molecule has 4 rings (SSSR count). The van der Waals surface area contributed by atoms with Gasteiger partial charge < -0.3 is 0 Å². The number of nitrogens with zero attached hydrogens (tertiary/aromatic N) is 2. The molecule has 0 atom stereocenters. The Bertz CT molecular complexity index is 1040. The molecule has 3 nitrogen and oxygen atoms in total. The molecule has 0 amide bonds. The van der Waals surface area contributed by atoms with Gasteiger partial charge in [-0.2, -0.15) is 5.10 Å². The monoisotopic (exact) mass is 359 g/mol. The van der Waals surface area contributed by atoms with E-state index in [0.717, 1.165) is 23.7 Å². The summed E-state index contributed by atoms with van der Waals surface area (Å²) in [5.41, 5.74) is 7.72. The molecule has 26 heavy (non-hydrogen) atoms. The Kier molecular flexibility index (Phi) is 5.50. The van der Waals surface area contributed by atoms with Crippen molar-refractivity contribution in [2.24, 2.45) is 0 Å². The molecular weight excluding hydrogens is 338 g/mol. The Hall–Kier alpha value is -2.90. The van der Waals surface area contributed by atoms with Crippen molar-refractivity contribution in [3.05, 3.63) is 65.2 Å². The number of nitrogens with one attached hydrogen (secondary N) is 1. The van der Waals surface area contributed by atoms with Crippen LogP contribution in [0.2, 0.25) is 0 Å². The zero-order chi connectivity index (χ0) is 18.5. The summed E-state index contributed by atoms with van der Waals surface area (Å²) in [7, 11) is 0. The molecule has 0 saturated heterocycles.